The summed E-state index contributed by atoms with van der Waals surface area (Å²) < 4.78 is 13.4. The zero-order chi connectivity index (χ0) is 13.0. The topological polar surface area (TPSA) is 12.0 Å². The van der Waals surface area contributed by atoms with Crippen molar-refractivity contribution in [1.29, 1.82) is 0 Å². The van der Waals surface area contributed by atoms with Crippen molar-refractivity contribution in [3.63, 3.8) is 0 Å². The Balaban J connectivity index is 1.95. The lowest BCUT2D eigenvalue weighted by molar-refractivity contribution is 0.328. The summed E-state index contributed by atoms with van der Waals surface area (Å²) in [6.45, 7) is 3.23. The molecule has 1 aliphatic rings. The zero-order valence-corrected chi connectivity index (χ0v) is 12.0. The number of thioether (sulfide) groups is 1. The van der Waals surface area contributed by atoms with Gasteiger partial charge in [-0.1, -0.05) is 25.5 Å². The molecule has 1 aromatic carbocycles. The van der Waals surface area contributed by atoms with Gasteiger partial charge in [-0.3, -0.25) is 0 Å². The number of rotatable bonds is 6. The van der Waals surface area contributed by atoms with Crippen LogP contribution in [0, 0.1) is 5.82 Å². The second-order valence-corrected chi connectivity index (χ2v) is 6.41. The van der Waals surface area contributed by atoms with E-state index in [9.17, 15) is 4.39 Å². The molecule has 0 bridgehead atoms. The third-order valence-electron chi connectivity index (χ3n) is 4.05. The minimum atomic E-state index is -0.159. The molecule has 2 rings (SSSR count). The Kier molecular flexibility index (Phi) is 4.68. The van der Waals surface area contributed by atoms with E-state index < -0.39 is 0 Å². The molecule has 0 amide bonds. The largest absolute Gasteiger partial charge is 0.309 e. The van der Waals surface area contributed by atoms with E-state index in [-0.39, 0.29) is 5.82 Å². The van der Waals surface area contributed by atoms with Gasteiger partial charge in [0.15, 0.2) is 0 Å². The summed E-state index contributed by atoms with van der Waals surface area (Å²) in [5.41, 5.74) is 1.19. The fourth-order valence-electron chi connectivity index (χ4n) is 2.53. The van der Waals surface area contributed by atoms with Crippen molar-refractivity contribution < 1.29 is 4.39 Å². The fraction of sp³-hybridized carbons (Fsp3) is 0.600. The van der Waals surface area contributed by atoms with Crippen LogP contribution in [-0.4, -0.2) is 17.5 Å². The maximum Gasteiger partial charge on any atom is 0.123 e. The molecule has 1 aliphatic carbocycles. The summed E-state index contributed by atoms with van der Waals surface area (Å²) >= 11 is 1.99. The van der Waals surface area contributed by atoms with Crippen molar-refractivity contribution in [2.45, 2.75) is 43.4 Å². The van der Waals surface area contributed by atoms with E-state index in [0.29, 0.717) is 10.8 Å². The molecule has 1 N–H and O–H groups in total. The van der Waals surface area contributed by atoms with Crippen LogP contribution in [0.3, 0.4) is 0 Å². The highest BCUT2D eigenvalue weighted by Gasteiger charge is 2.36. The molecule has 3 heteroatoms. The quantitative estimate of drug-likeness (QED) is 0.831. The Morgan fingerprint density at radius 1 is 1.33 bits per heavy atom. The van der Waals surface area contributed by atoms with Gasteiger partial charge in [-0.05, 0) is 43.2 Å². The van der Waals surface area contributed by atoms with Gasteiger partial charge in [0.05, 0.1) is 0 Å². The van der Waals surface area contributed by atoms with Gasteiger partial charge in [0, 0.05) is 17.3 Å². The Bertz CT molecular complexity index is 367. The predicted molar refractivity (Wildman–Crippen MR) is 77.5 cm³/mol. The number of hydrogen-bond acceptors (Lipinski definition) is 2. The molecule has 1 fully saturated rings. The highest BCUT2D eigenvalue weighted by Crippen LogP contribution is 2.42. The lowest BCUT2D eigenvalue weighted by Gasteiger charge is -2.41. The van der Waals surface area contributed by atoms with E-state index in [1.54, 1.807) is 12.1 Å². The summed E-state index contributed by atoms with van der Waals surface area (Å²) in [5, 5.41) is 3.66. The zero-order valence-electron chi connectivity index (χ0n) is 11.2. The van der Waals surface area contributed by atoms with Crippen molar-refractivity contribution in [3.05, 3.63) is 35.6 Å². The molecule has 0 spiro atoms. The average Bonchev–Trinajstić information content (AvgIpc) is 2.35. The lowest BCUT2D eigenvalue weighted by Crippen LogP contribution is -2.44. The van der Waals surface area contributed by atoms with Crippen LogP contribution in [0.1, 0.15) is 44.2 Å². The molecule has 18 heavy (non-hydrogen) atoms. The molecule has 100 valence electrons. The van der Waals surface area contributed by atoms with Gasteiger partial charge in [0.25, 0.3) is 0 Å². The van der Waals surface area contributed by atoms with E-state index in [2.05, 4.69) is 18.5 Å². The number of hydrogen-bond donors (Lipinski definition) is 1. The van der Waals surface area contributed by atoms with Crippen LogP contribution >= 0.6 is 11.8 Å². The van der Waals surface area contributed by atoms with E-state index in [0.717, 1.165) is 13.0 Å². The fourth-order valence-corrected chi connectivity index (χ4v) is 3.45. The second kappa shape index (κ2) is 6.07. The Labute approximate surface area is 114 Å². The summed E-state index contributed by atoms with van der Waals surface area (Å²) in [7, 11) is 0. The van der Waals surface area contributed by atoms with Crippen LogP contribution in [0.2, 0.25) is 0 Å². The number of benzene rings is 1. The van der Waals surface area contributed by atoms with Crippen LogP contribution in [0.4, 0.5) is 4.39 Å². The van der Waals surface area contributed by atoms with Crippen LogP contribution in [-0.2, 0) is 0 Å². The van der Waals surface area contributed by atoms with Crippen LogP contribution in [0.15, 0.2) is 24.3 Å². The summed E-state index contributed by atoms with van der Waals surface area (Å²) in [6.07, 6.45) is 7.24. The first-order chi connectivity index (χ1) is 8.69. The molecule has 1 unspecified atom stereocenters. The summed E-state index contributed by atoms with van der Waals surface area (Å²) in [5.74, 6) is -0.159. The molecular weight excluding hydrogens is 245 g/mol. The lowest BCUT2D eigenvalue weighted by atomic mass is 9.84. The summed E-state index contributed by atoms with van der Waals surface area (Å²) in [6, 6.07) is 7.22. The van der Waals surface area contributed by atoms with Gasteiger partial charge in [-0.15, -0.1) is 0 Å². The first-order valence-electron chi connectivity index (χ1n) is 6.73. The highest BCUT2D eigenvalue weighted by molar-refractivity contribution is 8.00. The van der Waals surface area contributed by atoms with Crippen LogP contribution in [0.25, 0.3) is 0 Å². The molecule has 0 radical (unpaired) electrons. The molecule has 1 aromatic rings. The minimum Gasteiger partial charge on any atom is -0.309 e. The Morgan fingerprint density at radius 2 is 2.00 bits per heavy atom. The molecule has 0 aromatic heterocycles. The van der Waals surface area contributed by atoms with Gasteiger partial charge in [0.1, 0.15) is 5.82 Å². The second-order valence-electron chi connectivity index (χ2n) is 5.13. The van der Waals surface area contributed by atoms with E-state index in [4.69, 9.17) is 0 Å². The number of halogens is 1. The van der Waals surface area contributed by atoms with Crippen molar-refractivity contribution in [3.8, 4) is 0 Å². The van der Waals surface area contributed by atoms with Crippen LogP contribution < -0.4 is 5.32 Å². The van der Waals surface area contributed by atoms with Crippen molar-refractivity contribution >= 4 is 11.8 Å². The molecule has 1 nitrogen and oxygen atoms in total. The number of nitrogens with one attached hydrogen (secondary N) is 1. The molecule has 1 saturated carbocycles. The van der Waals surface area contributed by atoms with Gasteiger partial charge in [-0.25, -0.2) is 4.39 Å². The van der Waals surface area contributed by atoms with Gasteiger partial charge in [0.2, 0.25) is 0 Å². The minimum absolute atomic E-state index is 0.159. The van der Waals surface area contributed by atoms with Gasteiger partial charge in [-0.2, -0.15) is 11.8 Å². The smallest absolute Gasteiger partial charge is 0.123 e. The Morgan fingerprint density at radius 3 is 2.44 bits per heavy atom. The van der Waals surface area contributed by atoms with Gasteiger partial charge >= 0.3 is 0 Å². The highest BCUT2D eigenvalue weighted by atomic mass is 32.2. The maximum atomic E-state index is 12.9. The normalized spacial score (nSPS) is 19.3. The molecule has 0 aliphatic heterocycles. The molecular formula is C15H22FNS. The first-order valence-corrected chi connectivity index (χ1v) is 7.95. The summed E-state index contributed by atoms with van der Waals surface area (Å²) in [4.78, 5) is 0. The molecule has 0 saturated heterocycles. The molecule has 1 atom stereocenters. The Hall–Kier alpha value is -0.540. The first kappa shape index (κ1) is 13.9. The SMILES string of the molecule is CCC(NCC1(SC)CCC1)c1ccc(F)cc1. The monoisotopic (exact) mass is 267 g/mol. The van der Waals surface area contributed by atoms with Crippen molar-refractivity contribution in [2.24, 2.45) is 0 Å². The maximum absolute atomic E-state index is 12.9. The van der Waals surface area contributed by atoms with E-state index in [1.165, 1.54) is 24.8 Å². The van der Waals surface area contributed by atoms with Crippen molar-refractivity contribution in [2.75, 3.05) is 12.8 Å². The standard InChI is InChI=1S/C15H22FNS/c1-3-14(12-5-7-13(16)8-6-12)17-11-15(18-2)9-4-10-15/h5-8,14,17H,3-4,9-11H2,1-2H3. The molecule has 0 heterocycles. The van der Waals surface area contributed by atoms with E-state index in [1.807, 2.05) is 23.9 Å². The van der Waals surface area contributed by atoms with Gasteiger partial charge < -0.3 is 5.32 Å². The van der Waals surface area contributed by atoms with Crippen molar-refractivity contribution in [1.82, 2.24) is 5.32 Å². The predicted octanol–water partition coefficient (Wildman–Crippen LogP) is 4.15. The van der Waals surface area contributed by atoms with E-state index >= 15 is 0 Å². The van der Waals surface area contributed by atoms with Crippen LogP contribution in [0.5, 0.6) is 0 Å². The third kappa shape index (κ3) is 3.07. The average molecular weight is 267 g/mol. The third-order valence-corrected chi connectivity index (χ3v) is 5.47.